The van der Waals surface area contributed by atoms with Crippen LogP contribution in [0.15, 0.2) is 0 Å². The number of hydrogen-bond donors (Lipinski definition) is 0. The van der Waals surface area contributed by atoms with Gasteiger partial charge in [0, 0.05) is 10.4 Å². The second-order valence-corrected chi connectivity index (χ2v) is 1.22. The topological polar surface area (TPSA) is 80.3 Å². The molecule has 0 atom stereocenters. The van der Waals surface area contributed by atoms with Crippen LogP contribution >= 0.6 is 0 Å². The van der Waals surface area contributed by atoms with Crippen LogP contribution in [0.25, 0.3) is 0 Å². The van der Waals surface area contributed by atoms with Crippen LogP contribution in [0.3, 0.4) is 0 Å². The Labute approximate surface area is 66.6 Å². The summed E-state index contributed by atoms with van der Waals surface area (Å²) < 4.78 is 34.1. The zero-order valence-corrected chi connectivity index (χ0v) is 6.38. The van der Waals surface area contributed by atoms with E-state index in [9.17, 15) is 0 Å². The first-order chi connectivity index (χ1) is 2.00. The van der Waals surface area contributed by atoms with Crippen LogP contribution in [0, 0.1) is 0 Å². The molecule has 0 rings (SSSR count). The normalized spacial score (nSPS) is 8.29. The summed E-state index contributed by atoms with van der Waals surface area (Å²) in [5.74, 6) is 0. The molecule has 0 heterocycles. The minimum Gasteiger partial charge on any atom is -0.759 e. The summed E-state index contributed by atoms with van der Waals surface area (Å²) in [4.78, 5) is 0. The standard InChI is InChI=1S/Fe.H2O4S.Ti/c;1-5(2,3)4;/h;(H2,1,2,3,4);/q+2;;+2/p-2. The van der Waals surface area contributed by atoms with Crippen LogP contribution in [0.4, 0.5) is 0 Å². The Kier molecular flexibility index (Phi) is 11.8. The molecule has 0 aliphatic heterocycles. The van der Waals surface area contributed by atoms with Crippen LogP contribution in [0.1, 0.15) is 0 Å². The predicted molar refractivity (Wildman–Crippen MR) is 10.5 cm³/mol. The van der Waals surface area contributed by atoms with E-state index in [1.165, 1.54) is 0 Å². The molecule has 0 radical (unpaired) electrons. The molecule has 0 saturated heterocycles. The van der Waals surface area contributed by atoms with Crippen molar-refractivity contribution in [1.82, 2.24) is 0 Å². The Balaban J connectivity index is -0.0000000800. The fraction of sp³-hybridized carbons (Fsp3) is 0. The molecule has 0 fully saturated rings. The summed E-state index contributed by atoms with van der Waals surface area (Å²) in [5.41, 5.74) is 0. The molecule has 7 heteroatoms. The van der Waals surface area contributed by atoms with E-state index in [2.05, 4.69) is 0 Å². The third-order valence-electron chi connectivity index (χ3n) is 0. The zero-order chi connectivity index (χ0) is 4.50. The maximum Gasteiger partial charge on any atom is 2.00 e. The largest absolute Gasteiger partial charge is 2.00 e. The average Bonchev–Trinajstić information content (AvgIpc) is 0.722. The van der Waals surface area contributed by atoms with E-state index >= 15 is 0 Å². The number of rotatable bonds is 0. The van der Waals surface area contributed by atoms with Gasteiger partial charge in [-0.3, -0.25) is 8.42 Å². The molecule has 0 bridgehead atoms. The van der Waals surface area contributed by atoms with Crippen molar-refractivity contribution in [2.24, 2.45) is 0 Å². The molecule has 0 spiro atoms. The first-order valence-electron chi connectivity index (χ1n) is 0.667. The molecular weight excluding hydrogens is 200 g/mol. The molecule has 4 nitrogen and oxygen atoms in total. The van der Waals surface area contributed by atoms with Crippen LogP contribution in [0.5, 0.6) is 0 Å². The van der Waals surface area contributed by atoms with Crippen LogP contribution < -0.4 is 0 Å². The van der Waals surface area contributed by atoms with Gasteiger partial charge < -0.3 is 9.11 Å². The van der Waals surface area contributed by atoms with Gasteiger partial charge in [-0.2, -0.15) is 0 Å². The van der Waals surface area contributed by atoms with Crippen LogP contribution in [0.2, 0.25) is 0 Å². The van der Waals surface area contributed by atoms with Gasteiger partial charge in [0.15, 0.2) is 0 Å². The predicted octanol–water partition coefficient (Wildman–Crippen LogP) is -1.34. The van der Waals surface area contributed by atoms with Gasteiger partial charge >= 0.3 is 38.8 Å². The zero-order valence-electron chi connectivity index (χ0n) is 2.89. The minimum absolute atomic E-state index is 0. The van der Waals surface area contributed by atoms with E-state index in [1.807, 2.05) is 0 Å². The molecular formula is FeO4STi+2. The van der Waals surface area contributed by atoms with Gasteiger partial charge in [-0.1, -0.05) is 0 Å². The van der Waals surface area contributed by atoms with Crippen LogP contribution in [-0.4, -0.2) is 17.5 Å². The third-order valence-corrected chi connectivity index (χ3v) is 0. The Morgan fingerprint density at radius 1 is 1.14 bits per heavy atom. The molecule has 0 aromatic rings. The quantitative estimate of drug-likeness (QED) is 0.275. The Morgan fingerprint density at radius 2 is 1.14 bits per heavy atom. The van der Waals surface area contributed by atoms with E-state index in [0.29, 0.717) is 0 Å². The second-order valence-electron chi connectivity index (χ2n) is 0.408. The van der Waals surface area contributed by atoms with Crippen molar-refractivity contribution in [3.63, 3.8) is 0 Å². The number of hydrogen-bond acceptors (Lipinski definition) is 4. The average molecular weight is 200 g/mol. The Bertz CT molecular complexity index is 94.9. The summed E-state index contributed by atoms with van der Waals surface area (Å²) in [6.07, 6.45) is 0. The molecule has 7 heavy (non-hydrogen) atoms. The first kappa shape index (κ1) is 15.7. The van der Waals surface area contributed by atoms with Crippen molar-refractivity contribution in [2.45, 2.75) is 0 Å². The van der Waals surface area contributed by atoms with Gasteiger partial charge in [-0.05, 0) is 0 Å². The summed E-state index contributed by atoms with van der Waals surface area (Å²) in [6, 6.07) is 0. The summed E-state index contributed by atoms with van der Waals surface area (Å²) >= 11 is 0. The van der Waals surface area contributed by atoms with E-state index in [0.717, 1.165) is 0 Å². The molecule has 0 aromatic carbocycles. The van der Waals surface area contributed by atoms with E-state index in [1.54, 1.807) is 0 Å². The van der Waals surface area contributed by atoms with E-state index < -0.39 is 10.4 Å². The van der Waals surface area contributed by atoms with E-state index in [-0.39, 0.29) is 38.8 Å². The maximum atomic E-state index is 8.52. The van der Waals surface area contributed by atoms with E-state index in [4.69, 9.17) is 17.5 Å². The molecule has 0 N–H and O–H groups in total. The van der Waals surface area contributed by atoms with Crippen LogP contribution in [-0.2, 0) is 49.2 Å². The van der Waals surface area contributed by atoms with Crippen molar-refractivity contribution >= 4 is 10.4 Å². The molecule has 0 amide bonds. The van der Waals surface area contributed by atoms with Crippen molar-refractivity contribution in [3.05, 3.63) is 0 Å². The van der Waals surface area contributed by atoms with Gasteiger partial charge in [0.2, 0.25) is 0 Å². The molecule has 0 saturated carbocycles. The molecule has 0 aliphatic carbocycles. The molecule has 40 valence electrons. The van der Waals surface area contributed by atoms with Gasteiger partial charge in [-0.25, -0.2) is 0 Å². The summed E-state index contributed by atoms with van der Waals surface area (Å²) in [6.45, 7) is 0. The third kappa shape index (κ3) is 152. The summed E-state index contributed by atoms with van der Waals surface area (Å²) in [7, 11) is -5.17. The first-order valence-corrected chi connectivity index (χ1v) is 2.00. The van der Waals surface area contributed by atoms with Gasteiger partial charge in [0.05, 0.1) is 0 Å². The van der Waals surface area contributed by atoms with Crippen molar-refractivity contribution < 1.29 is 56.3 Å². The fourth-order valence-corrected chi connectivity index (χ4v) is 0. The Hall–Kier alpha value is 1.10. The van der Waals surface area contributed by atoms with Gasteiger partial charge in [0.25, 0.3) is 0 Å². The molecule has 0 unspecified atom stereocenters. The van der Waals surface area contributed by atoms with Crippen molar-refractivity contribution in [1.29, 1.82) is 0 Å². The van der Waals surface area contributed by atoms with Crippen molar-refractivity contribution in [2.75, 3.05) is 0 Å². The van der Waals surface area contributed by atoms with Gasteiger partial charge in [-0.15, -0.1) is 0 Å². The smallest absolute Gasteiger partial charge is 0.759 e. The SMILES string of the molecule is O=S(=O)([O-])[O-].[Fe+2].[Ti+2]. The fourth-order valence-electron chi connectivity index (χ4n) is 0. The minimum atomic E-state index is -5.17. The second kappa shape index (κ2) is 5.24. The summed E-state index contributed by atoms with van der Waals surface area (Å²) in [5, 5.41) is 0. The molecule has 0 aliphatic rings. The van der Waals surface area contributed by atoms with Gasteiger partial charge in [0.1, 0.15) is 0 Å². The van der Waals surface area contributed by atoms with Crippen molar-refractivity contribution in [3.8, 4) is 0 Å². The monoisotopic (exact) mass is 200 g/mol. The Morgan fingerprint density at radius 3 is 1.14 bits per heavy atom. The maximum absolute atomic E-state index is 8.52. The molecule has 0 aromatic heterocycles.